The molecule has 4 rings (SSSR count). The molecule has 0 bridgehead atoms. The fourth-order valence-corrected chi connectivity index (χ4v) is 4.96. The molecule has 158 valence electrons. The number of amides is 1. The van der Waals surface area contributed by atoms with Crippen LogP contribution < -0.4 is 5.32 Å². The van der Waals surface area contributed by atoms with Crippen LogP contribution in [0.2, 0.25) is 0 Å². The highest BCUT2D eigenvalue weighted by molar-refractivity contribution is 7.89. The number of aryl methyl sites for hydroxylation is 1. The Bertz CT molecular complexity index is 1150. The van der Waals surface area contributed by atoms with E-state index in [2.05, 4.69) is 5.32 Å². The van der Waals surface area contributed by atoms with Crippen molar-refractivity contribution in [2.45, 2.75) is 18.2 Å². The second kappa shape index (κ2) is 8.59. The predicted octanol–water partition coefficient (Wildman–Crippen LogP) is 2.73. The summed E-state index contributed by atoms with van der Waals surface area (Å²) in [4.78, 5) is 12.8. The van der Waals surface area contributed by atoms with E-state index in [0.717, 1.165) is 16.5 Å². The van der Waals surface area contributed by atoms with Crippen LogP contribution >= 0.6 is 0 Å². The summed E-state index contributed by atoms with van der Waals surface area (Å²) in [5, 5.41) is 3.80. The van der Waals surface area contributed by atoms with E-state index < -0.39 is 10.0 Å². The highest BCUT2D eigenvalue weighted by atomic mass is 32.2. The number of nitrogens with one attached hydrogen (secondary N) is 1. The van der Waals surface area contributed by atoms with Gasteiger partial charge in [-0.1, -0.05) is 30.3 Å². The molecule has 1 aromatic heterocycles. The van der Waals surface area contributed by atoms with Crippen molar-refractivity contribution in [2.24, 2.45) is 0 Å². The number of benzene rings is 2. The highest BCUT2D eigenvalue weighted by Gasteiger charge is 2.26. The predicted molar refractivity (Wildman–Crippen MR) is 113 cm³/mol. The van der Waals surface area contributed by atoms with Gasteiger partial charge in [-0.2, -0.15) is 4.31 Å². The number of sulfonamides is 1. The van der Waals surface area contributed by atoms with E-state index in [1.54, 1.807) is 24.3 Å². The fourth-order valence-electron chi connectivity index (χ4n) is 3.56. The van der Waals surface area contributed by atoms with Crippen molar-refractivity contribution < 1.29 is 22.4 Å². The summed E-state index contributed by atoms with van der Waals surface area (Å²) < 4.78 is 37.7. The normalized spacial score (nSPS) is 15.4. The third-order valence-electron chi connectivity index (χ3n) is 5.28. The Morgan fingerprint density at radius 1 is 1.07 bits per heavy atom. The summed E-state index contributed by atoms with van der Waals surface area (Å²) in [6.07, 6.45) is 0.586. The monoisotopic (exact) mass is 428 g/mol. The number of hydrogen-bond acceptors (Lipinski definition) is 5. The Morgan fingerprint density at radius 2 is 1.77 bits per heavy atom. The van der Waals surface area contributed by atoms with Gasteiger partial charge in [-0.3, -0.25) is 4.79 Å². The minimum Gasteiger partial charge on any atom is -0.451 e. The molecule has 30 heavy (non-hydrogen) atoms. The molecule has 1 aliphatic rings. The fraction of sp³-hybridized carbons (Fsp3) is 0.318. The van der Waals surface area contributed by atoms with Gasteiger partial charge in [-0.25, -0.2) is 8.42 Å². The van der Waals surface area contributed by atoms with Crippen LogP contribution in [0.1, 0.15) is 21.7 Å². The van der Waals surface area contributed by atoms with Crippen LogP contribution in [-0.4, -0.2) is 51.5 Å². The average molecular weight is 429 g/mol. The molecule has 1 aliphatic heterocycles. The molecule has 7 nitrogen and oxygen atoms in total. The van der Waals surface area contributed by atoms with Gasteiger partial charge in [0.2, 0.25) is 10.0 Å². The van der Waals surface area contributed by atoms with Gasteiger partial charge in [-0.05, 0) is 37.1 Å². The van der Waals surface area contributed by atoms with Crippen molar-refractivity contribution in [3.63, 3.8) is 0 Å². The maximum atomic E-state index is 12.7. The van der Waals surface area contributed by atoms with Gasteiger partial charge in [0.1, 0.15) is 5.58 Å². The van der Waals surface area contributed by atoms with E-state index in [9.17, 15) is 13.2 Å². The lowest BCUT2D eigenvalue weighted by molar-refractivity contribution is 0.0730. The second-order valence-electron chi connectivity index (χ2n) is 7.22. The first-order valence-corrected chi connectivity index (χ1v) is 11.3. The maximum Gasteiger partial charge on any atom is 0.287 e. The number of fused-ring (bicyclic) bond motifs is 1. The van der Waals surface area contributed by atoms with Crippen LogP contribution in [0.25, 0.3) is 11.0 Å². The number of morpholine rings is 1. The molecule has 0 saturated carbocycles. The Kier molecular flexibility index (Phi) is 5.90. The number of nitrogens with zero attached hydrogens (tertiary/aromatic N) is 1. The molecule has 1 amide bonds. The zero-order valence-electron chi connectivity index (χ0n) is 16.8. The topological polar surface area (TPSA) is 88.9 Å². The van der Waals surface area contributed by atoms with Gasteiger partial charge in [0, 0.05) is 30.6 Å². The molecular weight excluding hydrogens is 404 g/mol. The van der Waals surface area contributed by atoms with E-state index in [4.69, 9.17) is 9.15 Å². The van der Waals surface area contributed by atoms with Crippen LogP contribution in [0.5, 0.6) is 0 Å². The minimum absolute atomic E-state index is 0.254. The van der Waals surface area contributed by atoms with Crippen molar-refractivity contribution >= 4 is 26.9 Å². The SMILES string of the molecule is Cc1c(C(=O)NCCc2ccc(S(=O)(=O)N3CCOCC3)cc2)oc2ccccc12. The number of furan rings is 1. The highest BCUT2D eigenvalue weighted by Crippen LogP contribution is 2.24. The third kappa shape index (κ3) is 4.12. The first kappa shape index (κ1) is 20.6. The van der Waals surface area contributed by atoms with E-state index in [0.29, 0.717) is 50.6 Å². The van der Waals surface area contributed by atoms with Gasteiger partial charge in [-0.15, -0.1) is 0 Å². The zero-order chi connectivity index (χ0) is 21.1. The molecule has 0 radical (unpaired) electrons. The average Bonchev–Trinajstić information content (AvgIpc) is 3.11. The number of rotatable bonds is 6. The molecule has 1 N–H and O–H groups in total. The first-order valence-electron chi connectivity index (χ1n) is 9.90. The Hall–Kier alpha value is -2.68. The smallest absolute Gasteiger partial charge is 0.287 e. The van der Waals surface area contributed by atoms with Gasteiger partial charge in [0.15, 0.2) is 5.76 Å². The Balaban J connectivity index is 1.36. The molecule has 3 aromatic rings. The minimum atomic E-state index is -3.50. The van der Waals surface area contributed by atoms with Crippen molar-refractivity contribution in [1.29, 1.82) is 0 Å². The van der Waals surface area contributed by atoms with E-state index >= 15 is 0 Å². The van der Waals surface area contributed by atoms with Crippen molar-refractivity contribution in [3.8, 4) is 0 Å². The van der Waals surface area contributed by atoms with Gasteiger partial charge in [0.25, 0.3) is 5.91 Å². The molecule has 0 aliphatic carbocycles. The molecule has 1 saturated heterocycles. The number of hydrogen-bond donors (Lipinski definition) is 1. The molecule has 0 spiro atoms. The van der Waals surface area contributed by atoms with Gasteiger partial charge >= 0.3 is 0 Å². The Morgan fingerprint density at radius 3 is 2.47 bits per heavy atom. The Labute approximate surface area is 175 Å². The number of carbonyl (C=O) groups excluding carboxylic acids is 1. The maximum absolute atomic E-state index is 12.7. The van der Waals surface area contributed by atoms with Crippen molar-refractivity contribution in [3.05, 3.63) is 65.4 Å². The van der Waals surface area contributed by atoms with E-state index in [1.165, 1.54) is 4.31 Å². The summed E-state index contributed by atoms with van der Waals surface area (Å²) in [6, 6.07) is 14.4. The molecule has 0 unspecified atom stereocenters. The lowest BCUT2D eigenvalue weighted by Gasteiger charge is -2.26. The zero-order valence-corrected chi connectivity index (χ0v) is 17.6. The van der Waals surface area contributed by atoms with Crippen molar-refractivity contribution in [2.75, 3.05) is 32.8 Å². The third-order valence-corrected chi connectivity index (χ3v) is 7.19. The van der Waals surface area contributed by atoms with Crippen LogP contribution in [-0.2, 0) is 21.2 Å². The molecule has 8 heteroatoms. The van der Waals surface area contributed by atoms with Gasteiger partial charge in [0.05, 0.1) is 18.1 Å². The number of ether oxygens (including phenoxy) is 1. The molecule has 2 aromatic carbocycles. The summed E-state index contributed by atoms with van der Waals surface area (Å²) in [5.41, 5.74) is 2.45. The molecule has 1 fully saturated rings. The first-order chi connectivity index (χ1) is 14.5. The molecule has 2 heterocycles. The number of carbonyl (C=O) groups is 1. The summed E-state index contributed by atoms with van der Waals surface area (Å²) in [5.74, 6) is 0.0679. The van der Waals surface area contributed by atoms with E-state index in [1.807, 2.05) is 31.2 Å². The summed E-state index contributed by atoms with van der Waals surface area (Å²) in [6.45, 7) is 3.87. The largest absolute Gasteiger partial charge is 0.451 e. The van der Waals surface area contributed by atoms with E-state index in [-0.39, 0.29) is 10.8 Å². The van der Waals surface area contributed by atoms with Gasteiger partial charge < -0.3 is 14.5 Å². The molecular formula is C22H24N2O5S. The lowest BCUT2D eigenvalue weighted by Crippen LogP contribution is -2.40. The van der Waals surface area contributed by atoms with Crippen LogP contribution in [0.3, 0.4) is 0 Å². The standard InChI is InChI=1S/C22H24N2O5S/c1-16-19-4-2-3-5-20(19)29-21(16)22(25)23-11-10-17-6-8-18(9-7-17)30(26,27)24-12-14-28-15-13-24/h2-9H,10-15H2,1H3,(H,23,25). The van der Waals surface area contributed by atoms with Crippen LogP contribution in [0, 0.1) is 6.92 Å². The molecule has 0 atom stereocenters. The summed E-state index contributed by atoms with van der Waals surface area (Å²) in [7, 11) is -3.50. The second-order valence-corrected chi connectivity index (χ2v) is 9.16. The quantitative estimate of drug-likeness (QED) is 0.652. The summed E-state index contributed by atoms with van der Waals surface area (Å²) >= 11 is 0. The van der Waals surface area contributed by atoms with Crippen LogP contribution in [0.15, 0.2) is 57.8 Å². The van der Waals surface area contributed by atoms with Crippen LogP contribution in [0.4, 0.5) is 0 Å². The van der Waals surface area contributed by atoms with Crippen molar-refractivity contribution in [1.82, 2.24) is 9.62 Å². The number of para-hydroxylation sites is 1. The lowest BCUT2D eigenvalue weighted by atomic mass is 10.1.